The van der Waals surface area contributed by atoms with Gasteiger partial charge in [0.25, 0.3) is 0 Å². The highest BCUT2D eigenvalue weighted by atomic mass is 32.2. The molecule has 0 spiro atoms. The summed E-state index contributed by atoms with van der Waals surface area (Å²) in [6.07, 6.45) is 0. The van der Waals surface area contributed by atoms with Gasteiger partial charge in [0.2, 0.25) is 0 Å². The fraction of sp³-hybridized carbons (Fsp3) is 0.312. The van der Waals surface area contributed by atoms with Gasteiger partial charge in [0.1, 0.15) is 24.4 Å². The Morgan fingerprint density at radius 3 is 2.58 bits per heavy atom. The second-order valence-electron chi connectivity index (χ2n) is 4.84. The molecule has 0 bridgehead atoms. The van der Waals surface area contributed by atoms with Crippen LogP contribution in [0.4, 0.5) is 8.78 Å². The third-order valence-corrected chi connectivity index (χ3v) is 4.49. The maximum Gasteiger partial charge on any atom is 0.415 e. The van der Waals surface area contributed by atoms with Crippen LogP contribution in [0.1, 0.15) is 0 Å². The molecule has 0 aromatic heterocycles. The fourth-order valence-corrected chi connectivity index (χ4v) is 2.79. The molecule has 0 fully saturated rings. The molecule has 26 heavy (non-hydrogen) atoms. The van der Waals surface area contributed by atoms with Crippen LogP contribution < -0.4 is 9.99 Å². The van der Waals surface area contributed by atoms with Crippen LogP contribution in [0.5, 0.6) is 5.75 Å². The highest BCUT2D eigenvalue weighted by molar-refractivity contribution is 7.99. The Labute approximate surface area is 156 Å². The van der Waals surface area contributed by atoms with E-state index in [1.807, 2.05) is 42.5 Å². The molecule has 0 aliphatic heterocycles. The Morgan fingerprint density at radius 1 is 1.08 bits per heavy atom. The Hall–Kier alpha value is -1.59. The fourth-order valence-electron chi connectivity index (χ4n) is 1.95. The van der Waals surface area contributed by atoms with Crippen LogP contribution >= 0.6 is 23.8 Å². The Morgan fingerprint density at radius 2 is 1.81 bits per heavy atom. The zero-order chi connectivity index (χ0) is 18.8. The minimum Gasteiger partial charge on any atom is -0.691 e. The number of benzene rings is 2. The number of rotatable bonds is 11. The second-order valence-corrected chi connectivity index (χ2v) is 6.88. The van der Waals surface area contributed by atoms with E-state index in [1.54, 1.807) is 0 Å². The van der Waals surface area contributed by atoms with E-state index in [0.29, 0.717) is 18.1 Å². The number of hydrogen-bond acceptors (Lipinski definition) is 8. The molecule has 0 radical (unpaired) electrons. The molecule has 2 rings (SSSR count). The van der Waals surface area contributed by atoms with Crippen LogP contribution in [0.2, 0.25) is 0 Å². The van der Waals surface area contributed by atoms with E-state index in [9.17, 15) is 18.8 Å². The third kappa shape index (κ3) is 6.61. The Balaban J connectivity index is 1.59. The van der Waals surface area contributed by atoms with Crippen molar-refractivity contribution in [1.82, 2.24) is 0 Å². The van der Waals surface area contributed by atoms with E-state index >= 15 is 0 Å². The Bertz CT molecular complexity index is 716. The molecule has 2 aromatic rings. The number of ether oxygens (including phenoxy) is 2. The first-order valence-corrected chi connectivity index (χ1v) is 9.31. The van der Waals surface area contributed by atoms with Crippen molar-refractivity contribution in [3.8, 4) is 5.75 Å². The third-order valence-electron chi connectivity index (χ3n) is 3.08. The van der Waals surface area contributed by atoms with Crippen molar-refractivity contribution in [2.45, 2.75) is 5.25 Å². The molecule has 0 aliphatic rings. The Kier molecular flexibility index (Phi) is 8.39. The average molecular weight is 405 g/mol. The van der Waals surface area contributed by atoms with Crippen LogP contribution in [0.15, 0.2) is 42.5 Å². The SMILES string of the molecule is O=C(OCCSCCOc1ccc2ccccc2c1)C(F)(F)SOO[O-]. The molecule has 142 valence electrons. The van der Waals surface area contributed by atoms with E-state index < -0.39 is 23.3 Å². The normalized spacial score (nSPS) is 11.5. The molecule has 0 heterocycles. The van der Waals surface area contributed by atoms with Gasteiger partial charge < -0.3 is 14.7 Å². The molecular weight excluding hydrogens is 390 g/mol. The van der Waals surface area contributed by atoms with Gasteiger partial charge in [0.05, 0.1) is 6.61 Å². The molecule has 0 unspecified atom stereocenters. The van der Waals surface area contributed by atoms with Crippen molar-refractivity contribution in [1.29, 1.82) is 0 Å². The lowest BCUT2D eigenvalue weighted by atomic mass is 10.1. The minimum absolute atomic E-state index is 0.201. The van der Waals surface area contributed by atoms with Gasteiger partial charge >= 0.3 is 11.2 Å². The van der Waals surface area contributed by atoms with Crippen molar-refractivity contribution in [2.75, 3.05) is 24.7 Å². The van der Waals surface area contributed by atoms with E-state index in [0.717, 1.165) is 16.5 Å². The van der Waals surface area contributed by atoms with Crippen molar-refractivity contribution >= 4 is 40.5 Å². The van der Waals surface area contributed by atoms with Gasteiger partial charge in [-0.15, -0.1) is 0 Å². The number of alkyl halides is 2. The first-order valence-electron chi connectivity index (χ1n) is 7.41. The lowest BCUT2D eigenvalue weighted by Gasteiger charge is -2.13. The predicted molar refractivity (Wildman–Crippen MR) is 92.4 cm³/mol. The van der Waals surface area contributed by atoms with Gasteiger partial charge in [-0.3, -0.25) is 5.04 Å². The number of carbonyl (C=O) groups excluding carboxylic acids is 1. The molecule has 2 aromatic carbocycles. The number of esters is 1. The van der Waals surface area contributed by atoms with E-state index in [-0.39, 0.29) is 6.61 Å². The number of carbonyl (C=O) groups is 1. The number of hydrogen-bond donors (Lipinski definition) is 0. The highest BCUT2D eigenvalue weighted by Crippen LogP contribution is 2.31. The van der Waals surface area contributed by atoms with E-state index in [2.05, 4.69) is 14.1 Å². The van der Waals surface area contributed by atoms with Crippen molar-refractivity contribution < 1.29 is 37.7 Å². The lowest BCUT2D eigenvalue weighted by Crippen LogP contribution is -2.28. The zero-order valence-electron chi connectivity index (χ0n) is 13.4. The number of fused-ring (bicyclic) bond motifs is 1. The largest absolute Gasteiger partial charge is 0.691 e. The van der Waals surface area contributed by atoms with Crippen molar-refractivity contribution in [2.24, 2.45) is 0 Å². The average Bonchev–Trinajstić information content (AvgIpc) is 2.65. The van der Waals surface area contributed by atoms with Crippen LogP contribution in [0.25, 0.3) is 10.8 Å². The molecule has 10 heteroatoms. The van der Waals surface area contributed by atoms with Gasteiger partial charge in [-0.2, -0.15) is 24.9 Å². The smallest absolute Gasteiger partial charge is 0.415 e. The minimum atomic E-state index is -4.01. The lowest BCUT2D eigenvalue weighted by molar-refractivity contribution is -0.777. The molecule has 0 saturated heterocycles. The van der Waals surface area contributed by atoms with Gasteiger partial charge in [0, 0.05) is 11.5 Å². The van der Waals surface area contributed by atoms with Crippen LogP contribution in [-0.2, 0) is 18.9 Å². The second kappa shape index (κ2) is 10.5. The van der Waals surface area contributed by atoms with Gasteiger partial charge in [0.15, 0.2) is 0 Å². The summed E-state index contributed by atoms with van der Waals surface area (Å²) in [4.78, 5) is 11.1. The molecule has 0 atom stereocenters. The standard InChI is InChI=1S/C16H16F2O6S2/c17-16(18,26-24-23-20)15(19)22-8-10-25-9-7-21-14-6-5-12-3-1-2-4-13(12)11-14/h1-6,11,20H,7-10H2/p-1. The molecule has 0 amide bonds. The van der Waals surface area contributed by atoms with Gasteiger partial charge in [-0.1, -0.05) is 30.3 Å². The summed E-state index contributed by atoms with van der Waals surface area (Å²) >= 11 is 0.674. The zero-order valence-corrected chi connectivity index (χ0v) is 15.0. The summed E-state index contributed by atoms with van der Waals surface area (Å²) in [5.74, 6) is -0.129. The molecule has 6 nitrogen and oxygen atoms in total. The predicted octanol–water partition coefficient (Wildman–Crippen LogP) is 2.96. The van der Waals surface area contributed by atoms with Crippen molar-refractivity contribution in [3.05, 3.63) is 42.5 Å². The number of thioether (sulfide) groups is 1. The van der Waals surface area contributed by atoms with Gasteiger partial charge in [-0.05, 0) is 22.9 Å². The summed E-state index contributed by atoms with van der Waals surface area (Å²) in [5.41, 5.74) is 0. The monoisotopic (exact) mass is 405 g/mol. The molecule has 0 aliphatic carbocycles. The first-order chi connectivity index (χ1) is 12.5. The molecular formula is C16H15F2O6S2-. The number of halogens is 2. The van der Waals surface area contributed by atoms with Gasteiger partial charge in [-0.25, -0.2) is 4.79 Å². The summed E-state index contributed by atoms with van der Waals surface area (Å²) in [6.45, 7) is 0.228. The first kappa shape index (κ1) is 20.7. The maximum absolute atomic E-state index is 13.1. The van der Waals surface area contributed by atoms with Crippen molar-refractivity contribution in [3.63, 3.8) is 0 Å². The summed E-state index contributed by atoms with van der Waals surface area (Å²) in [7, 11) is 0. The summed E-state index contributed by atoms with van der Waals surface area (Å²) in [6, 6.07) is 13.7. The van der Waals surface area contributed by atoms with E-state index in [4.69, 9.17) is 4.74 Å². The summed E-state index contributed by atoms with van der Waals surface area (Å²) in [5, 5.41) is 10.4. The maximum atomic E-state index is 13.1. The molecule has 0 saturated carbocycles. The summed E-state index contributed by atoms with van der Waals surface area (Å²) < 4.78 is 39.6. The van der Waals surface area contributed by atoms with Crippen LogP contribution in [0.3, 0.4) is 0 Å². The van der Waals surface area contributed by atoms with Crippen LogP contribution in [0, 0.1) is 0 Å². The quantitative estimate of drug-likeness (QED) is 0.186. The van der Waals surface area contributed by atoms with E-state index in [1.165, 1.54) is 11.8 Å². The highest BCUT2D eigenvalue weighted by Gasteiger charge is 2.43. The topological polar surface area (TPSA) is 77.1 Å². The molecule has 0 N–H and O–H groups in total. The van der Waals surface area contributed by atoms with Crippen LogP contribution in [-0.4, -0.2) is 35.9 Å².